The maximum Gasteiger partial charge on any atom is 0.307 e. The molecule has 4 rings (SSSR count). The van der Waals surface area contributed by atoms with Crippen molar-refractivity contribution in [3.05, 3.63) is 18.2 Å². The van der Waals surface area contributed by atoms with E-state index < -0.39 is 17.8 Å². The Kier molecular flexibility index (Phi) is 2.99. The fraction of sp³-hybridized carbons (Fsp3) is 0.500. The van der Waals surface area contributed by atoms with Crippen molar-refractivity contribution in [2.75, 3.05) is 12.1 Å². The summed E-state index contributed by atoms with van der Waals surface area (Å²) in [7, 11) is 0. The molecule has 2 N–H and O–H groups in total. The van der Waals surface area contributed by atoms with Gasteiger partial charge in [-0.25, -0.2) is 0 Å². The van der Waals surface area contributed by atoms with E-state index in [9.17, 15) is 14.7 Å². The van der Waals surface area contributed by atoms with Gasteiger partial charge < -0.3 is 19.9 Å². The number of benzene rings is 1. The number of carboxylic acid groups (broad SMARTS) is 1. The monoisotopic (exact) mass is 303 g/mol. The first-order chi connectivity index (χ1) is 10.6. The number of carbonyl (C=O) groups is 2. The van der Waals surface area contributed by atoms with E-state index >= 15 is 0 Å². The van der Waals surface area contributed by atoms with Gasteiger partial charge in [-0.1, -0.05) is 0 Å². The van der Waals surface area contributed by atoms with Crippen LogP contribution in [0.2, 0.25) is 0 Å². The van der Waals surface area contributed by atoms with Crippen molar-refractivity contribution in [2.24, 2.45) is 23.7 Å². The van der Waals surface area contributed by atoms with Crippen LogP contribution in [0.15, 0.2) is 18.2 Å². The van der Waals surface area contributed by atoms with E-state index in [0.29, 0.717) is 17.2 Å². The van der Waals surface area contributed by atoms with E-state index in [1.807, 2.05) is 0 Å². The van der Waals surface area contributed by atoms with Gasteiger partial charge >= 0.3 is 5.97 Å². The quantitative estimate of drug-likeness (QED) is 0.893. The lowest BCUT2D eigenvalue weighted by atomic mass is 9.78. The van der Waals surface area contributed by atoms with E-state index in [1.54, 1.807) is 18.2 Å². The molecule has 2 saturated carbocycles. The van der Waals surface area contributed by atoms with Crippen molar-refractivity contribution in [1.29, 1.82) is 0 Å². The Bertz CT molecular complexity index is 643. The van der Waals surface area contributed by atoms with Crippen molar-refractivity contribution in [3.63, 3.8) is 0 Å². The van der Waals surface area contributed by atoms with Crippen molar-refractivity contribution in [2.45, 2.75) is 19.3 Å². The fourth-order valence-corrected chi connectivity index (χ4v) is 4.22. The molecule has 1 aliphatic heterocycles. The highest BCUT2D eigenvalue weighted by molar-refractivity contribution is 5.96. The molecule has 6 heteroatoms. The fourth-order valence-electron chi connectivity index (χ4n) is 4.22. The number of carboxylic acids is 1. The summed E-state index contributed by atoms with van der Waals surface area (Å²) in [6, 6.07) is 5.20. The van der Waals surface area contributed by atoms with Gasteiger partial charge in [-0.15, -0.1) is 0 Å². The lowest BCUT2D eigenvalue weighted by Crippen LogP contribution is -2.37. The zero-order valence-electron chi connectivity index (χ0n) is 12.0. The molecule has 116 valence electrons. The number of aliphatic carboxylic acids is 1. The number of hydrogen-bond acceptors (Lipinski definition) is 4. The second-order valence-corrected chi connectivity index (χ2v) is 6.28. The molecule has 0 radical (unpaired) electrons. The highest BCUT2D eigenvalue weighted by Gasteiger charge is 2.53. The summed E-state index contributed by atoms with van der Waals surface area (Å²) in [4.78, 5) is 24.1. The van der Waals surface area contributed by atoms with Gasteiger partial charge in [-0.2, -0.15) is 0 Å². The van der Waals surface area contributed by atoms with Gasteiger partial charge in [0.15, 0.2) is 11.5 Å². The SMILES string of the molecule is O=C(O)[C@H]1[C@H]2CC[C@@H](C2)[C@@H]1C(=O)Nc1ccc2c(c1)OCO2. The number of anilines is 1. The highest BCUT2D eigenvalue weighted by atomic mass is 16.7. The molecule has 1 heterocycles. The van der Waals surface area contributed by atoms with Crippen LogP contribution in [0.3, 0.4) is 0 Å². The second kappa shape index (κ2) is 4.90. The van der Waals surface area contributed by atoms with Crippen LogP contribution >= 0.6 is 0 Å². The van der Waals surface area contributed by atoms with Gasteiger partial charge in [0.1, 0.15) is 0 Å². The molecule has 1 aromatic carbocycles. The Hall–Kier alpha value is -2.24. The maximum absolute atomic E-state index is 12.6. The van der Waals surface area contributed by atoms with E-state index in [1.165, 1.54) is 0 Å². The number of hydrogen-bond donors (Lipinski definition) is 2. The zero-order chi connectivity index (χ0) is 15.3. The average Bonchev–Trinajstić information content (AvgIpc) is 3.20. The van der Waals surface area contributed by atoms with Crippen molar-refractivity contribution >= 4 is 17.6 Å². The Balaban J connectivity index is 1.53. The van der Waals surface area contributed by atoms with Crippen molar-refractivity contribution < 1.29 is 24.2 Å². The van der Waals surface area contributed by atoms with E-state index in [0.717, 1.165) is 19.3 Å². The van der Waals surface area contributed by atoms with Gasteiger partial charge in [0, 0.05) is 11.8 Å². The Labute approximate surface area is 127 Å². The largest absolute Gasteiger partial charge is 0.481 e. The third kappa shape index (κ3) is 2.01. The minimum absolute atomic E-state index is 0.148. The first-order valence-corrected chi connectivity index (χ1v) is 7.57. The molecule has 2 bridgehead atoms. The summed E-state index contributed by atoms with van der Waals surface area (Å²) in [5, 5.41) is 12.3. The van der Waals surface area contributed by atoms with Crippen LogP contribution in [0.4, 0.5) is 5.69 Å². The predicted molar refractivity (Wildman–Crippen MR) is 76.6 cm³/mol. The number of ether oxygens (including phenoxy) is 2. The van der Waals surface area contributed by atoms with Gasteiger partial charge in [-0.3, -0.25) is 9.59 Å². The molecule has 0 aromatic heterocycles. The third-order valence-electron chi connectivity index (χ3n) is 5.14. The molecule has 1 amide bonds. The van der Waals surface area contributed by atoms with Crippen molar-refractivity contribution in [1.82, 2.24) is 0 Å². The lowest BCUT2D eigenvalue weighted by molar-refractivity contribution is -0.148. The van der Waals surface area contributed by atoms with Gasteiger partial charge in [0.05, 0.1) is 11.8 Å². The molecule has 22 heavy (non-hydrogen) atoms. The first-order valence-electron chi connectivity index (χ1n) is 7.57. The molecular formula is C16H17NO5. The molecule has 2 aliphatic carbocycles. The van der Waals surface area contributed by atoms with E-state index in [-0.39, 0.29) is 24.5 Å². The molecule has 6 nitrogen and oxygen atoms in total. The minimum Gasteiger partial charge on any atom is -0.481 e. The average molecular weight is 303 g/mol. The van der Waals surface area contributed by atoms with Gasteiger partial charge in [-0.05, 0) is 43.2 Å². The normalized spacial score (nSPS) is 31.3. The summed E-state index contributed by atoms with van der Waals surface area (Å²) < 4.78 is 10.5. The number of fused-ring (bicyclic) bond motifs is 3. The molecule has 4 atom stereocenters. The van der Waals surface area contributed by atoms with Crippen molar-refractivity contribution in [3.8, 4) is 11.5 Å². The standard InChI is InChI=1S/C16H17NO5/c18-15(13-8-1-2-9(5-8)14(13)16(19)20)17-10-3-4-11-12(6-10)22-7-21-11/h3-4,6,8-9,13-14H,1-2,5,7H2,(H,17,18)(H,19,20)/t8-,9-,13-,14-/m0/s1. The highest BCUT2D eigenvalue weighted by Crippen LogP contribution is 2.52. The molecule has 1 aromatic rings. The number of carbonyl (C=O) groups excluding carboxylic acids is 1. The van der Waals surface area contributed by atoms with Crippen LogP contribution in [0.1, 0.15) is 19.3 Å². The third-order valence-corrected chi connectivity index (χ3v) is 5.14. The van der Waals surface area contributed by atoms with Crippen LogP contribution in [0.25, 0.3) is 0 Å². The summed E-state index contributed by atoms with van der Waals surface area (Å²) >= 11 is 0. The van der Waals surface area contributed by atoms with E-state index in [2.05, 4.69) is 5.32 Å². The Morgan fingerprint density at radius 2 is 1.82 bits per heavy atom. The Morgan fingerprint density at radius 3 is 2.59 bits per heavy atom. The minimum atomic E-state index is -0.849. The van der Waals surface area contributed by atoms with Crippen LogP contribution in [-0.2, 0) is 9.59 Å². The Morgan fingerprint density at radius 1 is 1.09 bits per heavy atom. The molecule has 0 unspecified atom stereocenters. The summed E-state index contributed by atoms with van der Waals surface area (Å²) in [6.07, 6.45) is 2.74. The summed E-state index contributed by atoms with van der Waals surface area (Å²) in [5.74, 6) is -0.428. The maximum atomic E-state index is 12.6. The topological polar surface area (TPSA) is 84.9 Å². The molecular weight excluding hydrogens is 286 g/mol. The lowest BCUT2D eigenvalue weighted by Gasteiger charge is -2.27. The second-order valence-electron chi connectivity index (χ2n) is 6.28. The van der Waals surface area contributed by atoms with E-state index in [4.69, 9.17) is 9.47 Å². The summed E-state index contributed by atoms with van der Waals surface area (Å²) in [5.41, 5.74) is 0.612. The van der Waals surface area contributed by atoms with Gasteiger partial charge in [0.25, 0.3) is 0 Å². The number of rotatable bonds is 3. The molecule has 3 aliphatic rings. The van der Waals surface area contributed by atoms with Crippen LogP contribution in [-0.4, -0.2) is 23.8 Å². The van der Waals surface area contributed by atoms with Crippen LogP contribution in [0.5, 0.6) is 11.5 Å². The zero-order valence-corrected chi connectivity index (χ0v) is 12.0. The molecule has 0 spiro atoms. The van der Waals surface area contributed by atoms with Gasteiger partial charge in [0.2, 0.25) is 12.7 Å². The summed E-state index contributed by atoms with van der Waals surface area (Å²) in [6.45, 7) is 0.181. The predicted octanol–water partition coefficient (Wildman–Crippen LogP) is 2.10. The smallest absolute Gasteiger partial charge is 0.307 e. The van der Waals surface area contributed by atoms with Crippen LogP contribution < -0.4 is 14.8 Å². The molecule has 0 saturated heterocycles. The molecule has 2 fully saturated rings. The van der Waals surface area contributed by atoms with Crippen LogP contribution in [0, 0.1) is 23.7 Å². The number of nitrogens with one attached hydrogen (secondary N) is 1. The first kappa shape index (κ1) is 13.4. The number of amides is 1.